The summed E-state index contributed by atoms with van der Waals surface area (Å²) in [6.45, 7) is 2.98. The maximum Gasteiger partial charge on any atom is 0.329 e. The molecule has 0 saturated heterocycles. The molecule has 0 saturated carbocycles. The number of carbonyl (C=O) groups is 3. The van der Waals surface area contributed by atoms with E-state index in [9.17, 15) is 14.4 Å². The Morgan fingerprint density at radius 1 is 1.14 bits per heavy atom. The SMILES string of the molecule is CC(C)[C@@H](NC(=O)c1ccc(Cl)cc1)C(=O)OCC(=O)Nc1cccc(C#N)c1. The molecule has 0 radical (unpaired) electrons. The van der Waals surface area contributed by atoms with Crippen LogP contribution in [-0.2, 0) is 14.3 Å². The Kier molecular flexibility index (Phi) is 7.75. The molecule has 29 heavy (non-hydrogen) atoms. The van der Waals surface area contributed by atoms with E-state index in [0.717, 1.165) is 0 Å². The molecule has 0 bridgehead atoms. The summed E-state index contributed by atoms with van der Waals surface area (Å²) in [7, 11) is 0. The van der Waals surface area contributed by atoms with Gasteiger partial charge in [0.2, 0.25) is 0 Å². The summed E-state index contributed by atoms with van der Waals surface area (Å²) >= 11 is 5.81. The Balaban J connectivity index is 1.93. The lowest BCUT2D eigenvalue weighted by Gasteiger charge is -2.20. The van der Waals surface area contributed by atoms with Crippen LogP contribution in [0.5, 0.6) is 0 Å². The lowest BCUT2D eigenvalue weighted by atomic mass is 10.0. The van der Waals surface area contributed by atoms with Crippen LogP contribution < -0.4 is 10.6 Å². The van der Waals surface area contributed by atoms with Crippen molar-refractivity contribution in [2.24, 2.45) is 5.92 Å². The van der Waals surface area contributed by atoms with Gasteiger partial charge in [0.1, 0.15) is 6.04 Å². The lowest BCUT2D eigenvalue weighted by molar-refractivity contribution is -0.150. The minimum absolute atomic E-state index is 0.255. The molecule has 2 aromatic rings. The average Bonchev–Trinajstić information content (AvgIpc) is 2.70. The van der Waals surface area contributed by atoms with E-state index in [2.05, 4.69) is 10.6 Å². The van der Waals surface area contributed by atoms with Crippen LogP contribution in [0, 0.1) is 17.2 Å². The zero-order valence-corrected chi connectivity index (χ0v) is 16.7. The van der Waals surface area contributed by atoms with Gasteiger partial charge in [-0.1, -0.05) is 31.5 Å². The fraction of sp³-hybridized carbons (Fsp3) is 0.238. The Bertz CT molecular complexity index is 936. The van der Waals surface area contributed by atoms with Crippen molar-refractivity contribution in [1.82, 2.24) is 5.32 Å². The number of nitriles is 1. The van der Waals surface area contributed by atoms with Crippen LogP contribution in [0.2, 0.25) is 5.02 Å². The number of nitrogens with zero attached hydrogens (tertiary/aromatic N) is 1. The molecule has 0 fully saturated rings. The third-order valence-corrected chi connectivity index (χ3v) is 4.19. The first-order valence-electron chi connectivity index (χ1n) is 8.83. The topological polar surface area (TPSA) is 108 Å². The first kappa shape index (κ1) is 21.9. The van der Waals surface area contributed by atoms with E-state index in [1.165, 1.54) is 6.07 Å². The number of ether oxygens (including phenoxy) is 1. The van der Waals surface area contributed by atoms with Crippen LogP contribution in [0.4, 0.5) is 5.69 Å². The van der Waals surface area contributed by atoms with Gasteiger partial charge in [0.15, 0.2) is 6.61 Å². The van der Waals surface area contributed by atoms with Crippen molar-refractivity contribution in [2.75, 3.05) is 11.9 Å². The molecular formula is C21H20ClN3O4. The maximum atomic E-state index is 12.4. The van der Waals surface area contributed by atoms with Crippen molar-refractivity contribution >= 4 is 35.1 Å². The van der Waals surface area contributed by atoms with Gasteiger partial charge in [0, 0.05) is 16.3 Å². The number of carbonyl (C=O) groups excluding carboxylic acids is 3. The standard InChI is InChI=1S/C21H20ClN3O4/c1-13(2)19(25-20(27)15-6-8-16(22)9-7-15)21(28)29-12-18(26)24-17-5-3-4-14(10-17)11-23/h3-10,13,19H,12H2,1-2H3,(H,24,26)(H,25,27)/t19-/m1/s1. The van der Waals surface area contributed by atoms with Crippen LogP contribution in [0.15, 0.2) is 48.5 Å². The molecule has 2 N–H and O–H groups in total. The summed E-state index contributed by atoms with van der Waals surface area (Å²) in [4.78, 5) is 36.7. The van der Waals surface area contributed by atoms with Crippen molar-refractivity contribution in [1.29, 1.82) is 5.26 Å². The molecule has 2 rings (SSSR count). The molecule has 0 heterocycles. The van der Waals surface area contributed by atoms with E-state index in [1.807, 2.05) is 6.07 Å². The number of anilines is 1. The van der Waals surface area contributed by atoms with Crippen molar-refractivity contribution in [3.63, 3.8) is 0 Å². The number of esters is 1. The molecule has 150 valence electrons. The van der Waals surface area contributed by atoms with Gasteiger partial charge in [-0.15, -0.1) is 0 Å². The Hall–Kier alpha value is -3.37. The summed E-state index contributed by atoms with van der Waals surface area (Å²) in [6.07, 6.45) is 0. The predicted molar refractivity (Wildman–Crippen MR) is 108 cm³/mol. The van der Waals surface area contributed by atoms with Gasteiger partial charge in [-0.2, -0.15) is 5.26 Å². The molecule has 0 aliphatic heterocycles. The van der Waals surface area contributed by atoms with Crippen molar-refractivity contribution in [3.05, 3.63) is 64.7 Å². The second-order valence-electron chi connectivity index (χ2n) is 6.55. The van der Waals surface area contributed by atoms with Crippen LogP contribution in [0.1, 0.15) is 29.8 Å². The Labute approximate surface area is 173 Å². The predicted octanol–water partition coefficient (Wildman–Crippen LogP) is 3.15. The van der Waals surface area contributed by atoms with Crippen LogP contribution >= 0.6 is 11.6 Å². The highest BCUT2D eigenvalue weighted by Crippen LogP contribution is 2.12. The number of halogens is 1. The maximum absolute atomic E-state index is 12.4. The van der Waals surface area contributed by atoms with Crippen molar-refractivity contribution < 1.29 is 19.1 Å². The van der Waals surface area contributed by atoms with Gasteiger partial charge < -0.3 is 15.4 Å². The average molecular weight is 414 g/mol. The van der Waals surface area contributed by atoms with E-state index in [4.69, 9.17) is 21.6 Å². The molecule has 2 amide bonds. The minimum atomic E-state index is -0.923. The molecule has 0 aliphatic rings. The quantitative estimate of drug-likeness (QED) is 0.678. The molecule has 0 spiro atoms. The van der Waals surface area contributed by atoms with E-state index in [1.54, 1.807) is 56.3 Å². The fourth-order valence-electron chi connectivity index (χ4n) is 2.41. The second kappa shape index (κ2) is 10.2. The van der Waals surface area contributed by atoms with Crippen LogP contribution in [-0.4, -0.2) is 30.4 Å². The van der Waals surface area contributed by atoms with Gasteiger partial charge in [0.25, 0.3) is 11.8 Å². The third kappa shape index (κ3) is 6.63. The lowest BCUT2D eigenvalue weighted by Crippen LogP contribution is -2.45. The highest BCUT2D eigenvalue weighted by molar-refractivity contribution is 6.30. The normalized spacial score (nSPS) is 11.3. The molecular weight excluding hydrogens is 394 g/mol. The molecule has 0 unspecified atom stereocenters. The van der Waals surface area contributed by atoms with Crippen LogP contribution in [0.25, 0.3) is 0 Å². The third-order valence-electron chi connectivity index (χ3n) is 3.93. The number of benzene rings is 2. The molecule has 8 heteroatoms. The van der Waals surface area contributed by atoms with E-state index >= 15 is 0 Å². The van der Waals surface area contributed by atoms with Gasteiger partial charge >= 0.3 is 5.97 Å². The summed E-state index contributed by atoms with van der Waals surface area (Å²) < 4.78 is 5.06. The number of nitrogens with one attached hydrogen (secondary N) is 2. The first-order valence-corrected chi connectivity index (χ1v) is 9.21. The van der Waals surface area contributed by atoms with Gasteiger partial charge in [0.05, 0.1) is 11.6 Å². The first-order chi connectivity index (χ1) is 13.8. The van der Waals surface area contributed by atoms with Gasteiger partial charge in [-0.05, 0) is 48.4 Å². The fourth-order valence-corrected chi connectivity index (χ4v) is 2.54. The summed E-state index contributed by atoms with van der Waals surface area (Å²) in [6, 6.07) is 13.6. The Morgan fingerprint density at radius 3 is 2.45 bits per heavy atom. The summed E-state index contributed by atoms with van der Waals surface area (Å²) in [5.41, 5.74) is 1.16. The molecule has 0 aromatic heterocycles. The monoisotopic (exact) mass is 413 g/mol. The number of hydrogen-bond donors (Lipinski definition) is 2. The van der Waals surface area contributed by atoms with Crippen LogP contribution in [0.3, 0.4) is 0 Å². The van der Waals surface area contributed by atoms with Crippen molar-refractivity contribution in [2.45, 2.75) is 19.9 Å². The smallest absolute Gasteiger partial charge is 0.329 e. The van der Waals surface area contributed by atoms with Gasteiger partial charge in [-0.25, -0.2) is 4.79 Å². The highest BCUT2D eigenvalue weighted by atomic mass is 35.5. The number of rotatable bonds is 7. The number of hydrogen-bond acceptors (Lipinski definition) is 5. The largest absolute Gasteiger partial charge is 0.454 e. The summed E-state index contributed by atoms with van der Waals surface area (Å²) in [5.74, 6) is -1.98. The van der Waals surface area contributed by atoms with Crippen molar-refractivity contribution in [3.8, 4) is 6.07 Å². The summed E-state index contributed by atoms with van der Waals surface area (Å²) in [5, 5.41) is 14.5. The molecule has 1 atom stereocenters. The molecule has 0 aliphatic carbocycles. The second-order valence-corrected chi connectivity index (χ2v) is 6.99. The van der Waals surface area contributed by atoms with E-state index < -0.39 is 30.4 Å². The Morgan fingerprint density at radius 2 is 1.83 bits per heavy atom. The zero-order valence-electron chi connectivity index (χ0n) is 15.9. The number of amides is 2. The molecule has 2 aromatic carbocycles. The highest BCUT2D eigenvalue weighted by Gasteiger charge is 2.26. The molecule has 7 nitrogen and oxygen atoms in total. The minimum Gasteiger partial charge on any atom is -0.454 e. The van der Waals surface area contributed by atoms with E-state index in [0.29, 0.717) is 21.8 Å². The van der Waals surface area contributed by atoms with Gasteiger partial charge in [-0.3, -0.25) is 9.59 Å². The zero-order chi connectivity index (χ0) is 21.4. The van der Waals surface area contributed by atoms with E-state index in [-0.39, 0.29) is 5.92 Å².